The van der Waals surface area contributed by atoms with Crippen molar-refractivity contribution in [2.24, 2.45) is 0 Å². The van der Waals surface area contributed by atoms with Gasteiger partial charge in [0.05, 0.1) is 0 Å². The molecule has 3 aliphatic rings. The standard InChI is InChI=1S/C14H27N3O2S2/c18-21(19,16-13-6-9-20-10-7-13)17-8-2-1-3-14(17)11-15-12-4-5-12/h12-16H,1-11H2. The van der Waals surface area contributed by atoms with E-state index in [1.807, 2.05) is 11.8 Å². The second-order valence-corrected chi connectivity index (χ2v) is 9.33. The van der Waals surface area contributed by atoms with Crippen molar-refractivity contribution in [1.82, 2.24) is 14.3 Å². The Morgan fingerprint density at radius 2 is 1.76 bits per heavy atom. The van der Waals surface area contributed by atoms with Gasteiger partial charge in [-0.25, -0.2) is 0 Å². The SMILES string of the molecule is O=S(=O)(NC1CCSCC1)N1CCCCC1CNC1CC1. The van der Waals surface area contributed by atoms with Gasteiger partial charge in [0, 0.05) is 31.2 Å². The Morgan fingerprint density at radius 3 is 2.48 bits per heavy atom. The molecule has 0 bridgehead atoms. The molecular formula is C14H27N3O2S2. The molecule has 0 spiro atoms. The van der Waals surface area contributed by atoms with E-state index in [0.717, 1.165) is 50.2 Å². The van der Waals surface area contributed by atoms with Gasteiger partial charge in [-0.3, -0.25) is 0 Å². The highest BCUT2D eigenvalue weighted by Crippen LogP contribution is 2.24. The summed E-state index contributed by atoms with van der Waals surface area (Å²) in [4.78, 5) is 0. The first kappa shape index (κ1) is 16.1. The molecule has 1 aliphatic carbocycles. The molecule has 2 N–H and O–H groups in total. The Labute approximate surface area is 132 Å². The summed E-state index contributed by atoms with van der Waals surface area (Å²) in [5.41, 5.74) is 0. The molecule has 0 amide bonds. The Morgan fingerprint density at radius 1 is 1.00 bits per heavy atom. The van der Waals surface area contributed by atoms with Crippen LogP contribution in [0.2, 0.25) is 0 Å². The monoisotopic (exact) mass is 333 g/mol. The first-order valence-corrected chi connectivity index (χ1v) is 10.8. The molecule has 0 aromatic rings. The van der Waals surface area contributed by atoms with E-state index in [4.69, 9.17) is 0 Å². The van der Waals surface area contributed by atoms with Crippen LogP contribution in [-0.2, 0) is 10.2 Å². The molecule has 1 saturated carbocycles. The quantitative estimate of drug-likeness (QED) is 0.770. The Hall–Kier alpha value is 0.180. The number of thioether (sulfide) groups is 1. The third kappa shape index (κ3) is 4.58. The lowest BCUT2D eigenvalue weighted by molar-refractivity contribution is 0.240. The summed E-state index contributed by atoms with van der Waals surface area (Å²) >= 11 is 1.92. The minimum Gasteiger partial charge on any atom is -0.312 e. The number of nitrogens with one attached hydrogen (secondary N) is 2. The molecule has 5 nitrogen and oxygen atoms in total. The first-order chi connectivity index (χ1) is 10.1. The highest BCUT2D eigenvalue weighted by molar-refractivity contribution is 7.99. The topological polar surface area (TPSA) is 61.4 Å². The number of rotatable bonds is 6. The largest absolute Gasteiger partial charge is 0.312 e. The Bertz CT molecular complexity index is 434. The molecule has 0 aromatic heterocycles. The van der Waals surface area contributed by atoms with Crippen LogP contribution in [0, 0.1) is 0 Å². The van der Waals surface area contributed by atoms with Gasteiger partial charge in [-0.15, -0.1) is 0 Å². The number of nitrogens with zero attached hydrogens (tertiary/aromatic N) is 1. The average molecular weight is 334 g/mol. The molecule has 2 heterocycles. The van der Waals surface area contributed by atoms with E-state index in [9.17, 15) is 8.42 Å². The zero-order chi connectivity index (χ0) is 14.7. The van der Waals surface area contributed by atoms with Gasteiger partial charge in [-0.2, -0.15) is 29.2 Å². The van der Waals surface area contributed by atoms with E-state index in [2.05, 4.69) is 10.0 Å². The molecule has 2 saturated heterocycles. The second-order valence-electron chi connectivity index (χ2n) is 6.45. The lowest BCUT2D eigenvalue weighted by Crippen LogP contribution is -2.54. The molecule has 3 rings (SSSR count). The van der Waals surface area contributed by atoms with Crippen molar-refractivity contribution in [3.05, 3.63) is 0 Å². The molecule has 1 atom stereocenters. The van der Waals surface area contributed by atoms with E-state index in [1.165, 1.54) is 12.8 Å². The van der Waals surface area contributed by atoms with Crippen molar-refractivity contribution in [1.29, 1.82) is 0 Å². The highest BCUT2D eigenvalue weighted by atomic mass is 32.2. The zero-order valence-corrected chi connectivity index (χ0v) is 14.2. The minimum absolute atomic E-state index is 0.134. The summed E-state index contributed by atoms with van der Waals surface area (Å²) in [5, 5.41) is 3.49. The molecular weight excluding hydrogens is 306 g/mol. The van der Waals surface area contributed by atoms with Crippen molar-refractivity contribution in [3.8, 4) is 0 Å². The highest BCUT2D eigenvalue weighted by Gasteiger charge is 2.34. The van der Waals surface area contributed by atoms with Crippen LogP contribution in [0.5, 0.6) is 0 Å². The lowest BCUT2D eigenvalue weighted by Gasteiger charge is -2.36. The fraction of sp³-hybridized carbons (Fsp3) is 1.00. The van der Waals surface area contributed by atoms with Crippen LogP contribution in [0.4, 0.5) is 0 Å². The molecule has 1 unspecified atom stereocenters. The summed E-state index contributed by atoms with van der Waals surface area (Å²) < 4.78 is 30.1. The van der Waals surface area contributed by atoms with Crippen LogP contribution in [-0.4, -0.2) is 55.4 Å². The van der Waals surface area contributed by atoms with Crippen LogP contribution in [0.1, 0.15) is 44.9 Å². The average Bonchev–Trinajstić information content (AvgIpc) is 3.30. The summed E-state index contributed by atoms with van der Waals surface area (Å²) in [5.74, 6) is 2.14. The molecule has 7 heteroatoms. The molecule has 3 fully saturated rings. The van der Waals surface area contributed by atoms with Gasteiger partial charge in [0.15, 0.2) is 0 Å². The Balaban J connectivity index is 1.59. The molecule has 21 heavy (non-hydrogen) atoms. The van der Waals surface area contributed by atoms with Gasteiger partial charge < -0.3 is 5.32 Å². The second kappa shape index (κ2) is 7.17. The maximum Gasteiger partial charge on any atom is 0.279 e. The van der Waals surface area contributed by atoms with Gasteiger partial charge in [-0.05, 0) is 50.0 Å². The van der Waals surface area contributed by atoms with Gasteiger partial charge in [0.2, 0.25) is 0 Å². The lowest BCUT2D eigenvalue weighted by atomic mass is 10.1. The third-order valence-electron chi connectivity index (χ3n) is 4.64. The van der Waals surface area contributed by atoms with Crippen LogP contribution in [0.15, 0.2) is 0 Å². The normalized spacial score (nSPS) is 29.6. The predicted molar refractivity (Wildman–Crippen MR) is 87.8 cm³/mol. The predicted octanol–water partition coefficient (Wildman–Crippen LogP) is 1.32. The fourth-order valence-electron chi connectivity index (χ4n) is 3.18. The van der Waals surface area contributed by atoms with Crippen molar-refractivity contribution >= 4 is 22.0 Å². The number of hydrogen-bond donors (Lipinski definition) is 2. The third-order valence-corrected chi connectivity index (χ3v) is 7.42. The van der Waals surface area contributed by atoms with Crippen molar-refractivity contribution in [2.75, 3.05) is 24.6 Å². The zero-order valence-electron chi connectivity index (χ0n) is 12.6. The van der Waals surface area contributed by atoms with Crippen molar-refractivity contribution < 1.29 is 8.42 Å². The van der Waals surface area contributed by atoms with Crippen molar-refractivity contribution in [2.45, 2.75) is 63.1 Å². The smallest absolute Gasteiger partial charge is 0.279 e. The summed E-state index contributed by atoms with van der Waals surface area (Å²) in [6.07, 6.45) is 7.53. The number of piperidine rings is 1. The molecule has 122 valence electrons. The summed E-state index contributed by atoms with van der Waals surface area (Å²) in [6, 6.07) is 0.907. The van der Waals surface area contributed by atoms with Gasteiger partial charge >= 0.3 is 0 Å². The van der Waals surface area contributed by atoms with E-state index >= 15 is 0 Å². The summed E-state index contributed by atoms with van der Waals surface area (Å²) in [6.45, 7) is 1.49. The van der Waals surface area contributed by atoms with E-state index < -0.39 is 10.2 Å². The molecule has 0 aromatic carbocycles. The van der Waals surface area contributed by atoms with E-state index in [-0.39, 0.29) is 12.1 Å². The van der Waals surface area contributed by atoms with E-state index in [0.29, 0.717) is 12.6 Å². The van der Waals surface area contributed by atoms with Crippen LogP contribution in [0.3, 0.4) is 0 Å². The van der Waals surface area contributed by atoms with Crippen LogP contribution >= 0.6 is 11.8 Å². The van der Waals surface area contributed by atoms with Crippen molar-refractivity contribution in [3.63, 3.8) is 0 Å². The maximum absolute atomic E-state index is 12.7. The van der Waals surface area contributed by atoms with Crippen LogP contribution in [0.25, 0.3) is 0 Å². The first-order valence-electron chi connectivity index (χ1n) is 8.25. The fourth-order valence-corrected chi connectivity index (χ4v) is 6.02. The minimum atomic E-state index is -3.33. The summed E-state index contributed by atoms with van der Waals surface area (Å²) in [7, 11) is -3.33. The molecule has 2 aliphatic heterocycles. The maximum atomic E-state index is 12.7. The van der Waals surface area contributed by atoms with Gasteiger partial charge in [0.1, 0.15) is 0 Å². The van der Waals surface area contributed by atoms with Gasteiger partial charge in [0.25, 0.3) is 10.2 Å². The van der Waals surface area contributed by atoms with Crippen LogP contribution < -0.4 is 10.0 Å². The van der Waals surface area contributed by atoms with Gasteiger partial charge in [-0.1, -0.05) is 6.42 Å². The molecule has 0 radical (unpaired) electrons. The number of hydrogen-bond acceptors (Lipinski definition) is 4. The van der Waals surface area contributed by atoms with E-state index in [1.54, 1.807) is 4.31 Å². The Kier molecular flexibility index (Phi) is 5.48.